The average Bonchev–Trinajstić information content (AvgIpc) is 2.67. The first-order valence-electron chi connectivity index (χ1n) is 6.70. The molecule has 2 atom stereocenters. The van der Waals surface area contributed by atoms with Gasteiger partial charge < -0.3 is 10.1 Å². The molecule has 4 nitrogen and oxygen atoms in total. The van der Waals surface area contributed by atoms with Crippen LogP contribution in [-0.4, -0.2) is 18.3 Å². The van der Waals surface area contributed by atoms with Gasteiger partial charge in [0.25, 0.3) is 5.91 Å². The summed E-state index contributed by atoms with van der Waals surface area (Å²) in [4.78, 5) is 23.1. The smallest absolute Gasteiger partial charge is 0.262 e. The van der Waals surface area contributed by atoms with Gasteiger partial charge in [-0.25, -0.2) is 0 Å². The fourth-order valence-corrected chi connectivity index (χ4v) is 2.95. The van der Waals surface area contributed by atoms with Crippen LogP contribution in [0.2, 0.25) is 0 Å². The van der Waals surface area contributed by atoms with Crippen molar-refractivity contribution in [3.63, 3.8) is 0 Å². The van der Waals surface area contributed by atoms with Crippen LogP contribution < -0.4 is 10.1 Å². The Hall–Kier alpha value is -1.84. The summed E-state index contributed by atoms with van der Waals surface area (Å²) in [5.74, 6) is 1.57. The Kier molecular flexibility index (Phi) is 3.01. The molecule has 0 radical (unpaired) electrons. The summed E-state index contributed by atoms with van der Waals surface area (Å²) >= 11 is 0. The van der Waals surface area contributed by atoms with Crippen LogP contribution in [0.5, 0.6) is 5.75 Å². The molecule has 19 heavy (non-hydrogen) atoms. The summed E-state index contributed by atoms with van der Waals surface area (Å²) in [5.41, 5.74) is 1.80. The highest BCUT2D eigenvalue weighted by Crippen LogP contribution is 2.33. The molecule has 2 aliphatic rings. The van der Waals surface area contributed by atoms with Gasteiger partial charge in [0.05, 0.1) is 5.69 Å². The Morgan fingerprint density at radius 2 is 2.21 bits per heavy atom. The van der Waals surface area contributed by atoms with Crippen molar-refractivity contribution in [1.29, 1.82) is 0 Å². The number of rotatable bonds is 2. The zero-order valence-corrected chi connectivity index (χ0v) is 10.9. The quantitative estimate of drug-likeness (QED) is 0.885. The normalized spacial score (nSPS) is 25.7. The summed E-state index contributed by atoms with van der Waals surface area (Å²) in [5, 5.41) is 2.80. The number of hydrogen-bond acceptors (Lipinski definition) is 3. The molecule has 3 rings (SSSR count). The van der Waals surface area contributed by atoms with Gasteiger partial charge in [-0.2, -0.15) is 0 Å². The fourth-order valence-electron chi connectivity index (χ4n) is 2.95. The van der Waals surface area contributed by atoms with E-state index in [1.165, 1.54) is 0 Å². The Bertz CT molecular complexity index is 538. The predicted octanol–water partition coefficient (Wildman–Crippen LogP) is 2.18. The van der Waals surface area contributed by atoms with Gasteiger partial charge in [0, 0.05) is 12.3 Å². The van der Waals surface area contributed by atoms with Gasteiger partial charge in [-0.1, -0.05) is 13.0 Å². The summed E-state index contributed by atoms with van der Waals surface area (Å²) in [7, 11) is 0. The lowest BCUT2D eigenvalue weighted by Gasteiger charge is -2.19. The van der Waals surface area contributed by atoms with E-state index >= 15 is 0 Å². The molecule has 0 spiro atoms. The Morgan fingerprint density at radius 3 is 2.95 bits per heavy atom. The SMILES string of the molecule is CC1CC(=O)C(Cc2ccc3c(c2)NC(=O)CO3)C1. The number of fused-ring (bicyclic) bond motifs is 1. The second kappa shape index (κ2) is 4.68. The average molecular weight is 259 g/mol. The summed E-state index contributed by atoms with van der Waals surface area (Å²) < 4.78 is 5.32. The van der Waals surface area contributed by atoms with Crippen molar-refractivity contribution >= 4 is 17.4 Å². The summed E-state index contributed by atoms with van der Waals surface area (Å²) in [6.07, 6.45) is 2.43. The number of Topliss-reactive ketones (excluding diaryl/α,β-unsaturated/α-hetero) is 1. The number of benzene rings is 1. The van der Waals surface area contributed by atoms with Crippen LogP contribution in [0, 0.1) is 11.8 Å². The van der Waals surface area contributed by atoms with Crippen LogP contribution >= 0.6 is 0 Å². The summed E-state index contributed by atoms with van der Waals surface area (Å²) in [6.45, 7) is 2.20. The van der Waals surface area contributed by atoms with Gasteiger partial charge >= 0.3 is 0 Å². The lowest BCUT2D eigenvalue weighted by molar-refractivity contribution is -0.121. The Balaban J connectivity index is 1.77. The fraction of sp³-hybridized carbons (Fsp3) is 0.467. The van der Waals surface area contributed by atoms with Crippen LogP contribution in [0.1, 0.15) is 25.3 Å². The molecule has 0 bridgehead atoms. The monoisotopic (exact) mass is 259 g/mol. The van der Waals surface area contributed by atoms with Crippen molar-refractivity contribution in [2.45, 2.75) is 26.2 Å². The third kappa shape index (κ3) is 2.48. The third-order valence-corrected chi connectivity index (χ3v) is 3.85. The second-order valence-electron chi connectivity index (χ2n) is 5.58. The number of ketones is 1. The summed E-state index contributed by atoms with van der Waals surface area (Å²) in [6, 6.07) is 5.77. The zero-order chi connectivity index (χ0) is 13.4. The highest BCUT2D eigenvalue weighted by Gasteiger charge is 2.30. The molecule has 1 heterocycles. The van der Waals surface area contributed by atoms with E-state index in [4.69, 9.17) is 4.74 Å². The van der Waals surface area contributed by atoms with Crippen LogP contribution in [0.25, 0.3) is 0 Å². The van der Waals surface area contributed by atoms with Crippen LogP contribution in [0.3, 0.4) is 0 Å². The van der Waals surface area contributed by atoms with Gasteiger partial charge in [0.1, 0.15) is 11.5 Å². The number of anilines is 1. The van der Waals surface area contributed by atoms with Crippen molar-refractivity contribution in [3.05, 3.63) is 23.8 Å². The number of carbonyl (C=O) groups excluding carboxylic acids is 2. The van der Waals surface area contributed by atoms with Gasteiger partial charge in [0.15, 0.2) is 6.61 Å². The van der Waals surface area contributed by atoms with E-state index in [0.717, 1.165) is 18.4 Å². The highest BCUT2D eigenvalue weighted by molar-refractivity contribution is 5.95. The first-order chi connectivity index (χ1) is 9.11. The van der Waals surface area contributed by atoms with Crippen molar-refractivity contribution in [1.82, 2.24) is 0 Å². The molecule has 1 amide bonds. The molecule has 2 unspecified atom stereocenters. The van der Waals surface area contributed by atoms with Gasteiger partial charge in [-0.3, -0.25) is 9.59 Å². The molecule has 1 saturated carbocycles. The van der Waals surface area contributed by atoms with E-state index in [1.54, 1.807) is 0 Å². The predicted molar refractivity (Wildman–Crippen MR) is 71.2 cm³/mol. The van der Waals surface area contributed by atoms with Crippen molar-refractivity contribution < 1.29 is 14.3 Å². The molecule has 1 aliphatic carbocycles. The number of hydrogen-bond donors (Lipinski definition) is 1. The minimum absolute atomic E-state index is 0.0744. The van der Waals surface area contributed by atoms with E-state index in [-0.39, 0.29) is 18.4 Å². The van der Waals surface area contributed by atoms with E-state index in [0.29, 0.717) is 29.6 Å². The molecule has 100 valence electrons. The molecular formula is C15H17NO3. The molecule has 0 saturated heterocycles. The molecule has 4 heteroatoms. The molecule has 1 N–H and O–H groups in total. The van der Waals surface area contributed by atoms with Crippen LogP contribution in [0.15, 0.2) is 18.2 Å². The van der Waals surface area contributed by atoms with E-state index < -0.39 is 0 Å². The van der Waals surface area contributed by atoms with Crippen molar-refractivity contribution in [2.24, 2.45) is 11.8 Å². The first kappa shape index (κ1) is 12.2. The van der Waals surface area contributed by atoms with Crippen molar-refractivity contribution in [3.8, 4) is 5.75 Å². The largest absolute Gasteiger partial charge is 0.482 e. The third-order valence-electron chi connectivity index (χ3n) is 3.85. The topological polar surface area (TPSA) is 55.4 Å². The Morgan fingerprint density at radius 1 is 1.37 bits per heavy atom. The lowest BCUT2D eigenvalue weighted by atomic mass is 9.96. The Labute approximate surface area is 112 Å². The lowest BCUT2D eigenvalue weighted by Crippen LogP contribution is -2.25. The van der Waals surface area contributed by atoms with E-state index in [2.05, 4.69) is 12.2 Å². The number of carbonyl (C=O) groups is 2. The first-order valence-corrected chi connectivity index (χ1v) is 6.70. The maximum absolute atomic E-state index is 11.8. The van der Waals surface area contributed by atoms with Gasteiger partial charge in [-0.05, 0) is 36.5 Å². The van der Waals surface area contributed by atoms with Gasteiger partial charge in [0.2, 0.25) is 0 Å². The molecular weight excluding hydrogens is 242 g/mol. The number of ether oxygens (including phenoxy) is 1. The molecule has 1 aromatic rings. The minimum Gasteiger partial charge on any atom is -0.482 e. The molecule has 0 aromatic heterocycles. The second-order valence-corrected chi connectivity index (χ2v) is 5.58. The van der Waals surface area contributed by atoms with Crippen molar-refractivity contribution in [2.75, 3.05) is 11.9 Å². The van der Waals surface area contributed by atoms with Crippen LogP contribution in [0.4, 0.5) is 5.69 Å². The maximum atomic E-state index is 11.8. The number of amides is 1. The minimum atomic E-state index is -0.129. The molecule has 1 aromatic carbocycles. The van der Waals surface area contributed by atoms with E-state index in [1.807, 2.05) is 18.2 Å². The molecule has 1 fully saturated rings. The standard InChI is InChI=1S/C15H17NO3/c1-9-4-11(13(17)5-9)6-10-2-3-14-12(7-10)16-15(18)8-19-14/h2-3,7,9,11H,4-6,8H2,1H3,(H,16,18). The van der Waals surface area contributed by atoms with Crippen LogP contribution in [-0.2, 0) is 16.0 Å². The number of nitrogens with one attached hydrogen (secondary N) is 1. The maximum Gasteiger partial charge on any atom is 0.262 e. The van der Waals surface area contributed by atoms with E-state index in [9.17, 15) is 9.59 Å². The molecule has 1 aliphatic heterocycles. The highest BCUT2D eigenvalue weighted by atomic mass is 16.5. The zero-order valence-electron chi connectivity index (χ0n) is 10.9. The van der Waals surface area contributed by atoms with Gasteiger partial charge in [-0.15, -0.1) is 0 Å².